The van der Waals surface area contributed by atoms with Crippen LogP contribution in [0.4, 0.5) is 0 Å². The number of nitrogens with zero attached hydrogens (tertiary/aromatic N) is 5. The molecule has 0 unspecified atom stereocenters. The molecule has 19 heavy (non-hydrogen) atoms. The van der Waals surface area contributed by atoms with Crippen LogP contribution in [0.3, 0.4) is 0 Å². The van der Waals surface area contributed by atoms with Gasteiger partial charge in [0.15, 0.2) is 5.69 Å². The fraction of sp³-hybridized carbons (Fsp3) is 0.667. The third-order valence-corrected chi connectivity index (χ3v) is 3.80. The highest BCUT2D eigenvalue weighted by atomic mass is 16.2. The molecule has 2 aliphatic heterocycles. The fourth-order valence-corrected chi connectivity index (χ4v) is 2.52. The van der Waals surface area contributed by atoms with Crippen LogP contribution in [-0.2, 0) is 4.79 Å². The average molecular weight is 263 g/mol. The summed E-state index contributed by atoms with van der Waals surface area (Å²) in [5, 5.41) is 7.96. The summed E-state index contributed by atoms with van der Waals surface area (Å²) in [5.74, 6) is 0.0382. The molecular formula is C12H17N5O2. The minimum Gasteiger partial charge on any atom is -0.339 e. The Morgan fingerprint density at radius 3 is 2.53 bits per heavy atom. The molecule has 1 aromatic heterocycles. The van der Waals surface area contributed by atoms with Crippen molar-refractivity contribution in [2.45, 2.75) is 25.8 Å². The topological polar surface area (TPSA) is 71.3 Å². The first-order valence-electron chi connectivity index (χ1n) is 6.62. The van der Waals surface area contributed by atoms with Crippen molar-refractivity contribution in [3.05, 3.63) is 11.9 Å². The van der Waals surface area contributed by atoms with E-state index in [-0.39, 0.29) is 17.9 Å². The second-order valence-corrected chi connectivity index (χ2v) is 5.16. The molecule has 2 amide bonds. The summed E-state index contributed by atoms with van der Waals surface area (Å²) < 4.78 is 1.70. The maximum absolute atomic E-state index is 12.1. The van der Waals surface area contributed by atoms with Crippen LogP contribution in [0.2, 0.25) is 0 Å². The van der Waals surface area contributed by atoms with E-state index in [1.807, 2.05) is 4.90 Å². The van der Waals surface area contributed by atoms with E-state index in [4.69, 9.17) is 0 Å². The van der Waals surface area contributed by atoms with Crippen molar-refractivity contribution in [3.8, 4) is 0 Å². The van der Waals surface area contributed by atoms with Gasteiger partial charge in [0.2, 0.25) is 5.91 Å². The lowest BCUT2D eigenvalue weighted by Crippen LogP contribution is -2.50. The van der Waals surface area contributed by atoms with Crippen LogP contribution in [0.1, 0.15) is 36.3 Å². The molecule has 102 valence electrons. The van der Waals surface area contributed by atoms with Gasteiger partial charge in [-0.15, -0.1) is 5.10 Å². The molecule has 2 saturated heterocycles. The van der Waals surface area contributed by atoms with E-state index in [1.54, 1.807) is 22.7 Å². The second-order valence-electron chi connectivity index (χ2n) is 5.16. The molecule has 3 rings (SSSR count). The maximum Gasteiger partial charge on any atom is 0.276 e. The molecule has 0 atom stereocenters. The first-order valence-corrected chi connectivity index (χ1v) is 6.62. The number of likely N-dealkylation sites (tertiary alicyclic amines) is 2. The van der Waals surface area contributed by atoms with Gasteiger partial charge in [0.05, 0.1) is 12.2 Å². The number of rotatable bonds is 2. The van der Waals surface area contributed by atoms with Gasteiger partial charge in [0.25, 0.3) is 5.91 Å². The van der Waals surface area contributed by atoms with E-state index in [1.165, 1.54) is 0 Å². The lowest BCUT2D eigenvalue weighted by Gasteiger charge is -2.38. The zero-order chi connectivity index (χ0) is 13.4. The summed E-state index contributed by atoms with van der Waals surface area (Å²) in [7, 11) is 0. The quantitative estimate of drug-likeness (QED) is 0.748. The Kier molecular flexibility index (Phi) is 2.96. The SMILES string of the molecule is CC(=O)N1CC(n2cc(C(=O)N3CCCC3)nn2)C1. The van der Waals surface area contributed by atoms with E-state index in [0.29, 0.717) is 18.8 Å². The van der Waals surface area contributed by atoms with E-state index < -0.39 is 0 Å². The van der Waals surface area contributed by atoms with E-state index >= 15 is 0 Å². The van der Waals surface area contributed by atoms with Crippen LogP contribution in [0.25, 0.3) is 0 Å². The predicted molar refractivity (Wildman–Crippen MR) is 66.5 cm³/mol. The van der Waals surface area contributed by atoms with Crippen molar-refractivity contribution in [3.63, 3.8) is 0 Å². The number of aromatic nitrogens is 3. The average Bonchev–Trinajstić information content (AvgIpc) is 2.96. The smallest absolute Gasteiger partial charge is 0.276 e. The number of carbonyl (C=O) groups is 2. The Hall–Kier alpha value is -1.92. The van der Waals surface area contributed by atoms with Crippen LogP contribution in [0.15, 0.2) is 6.20 Å². The highest BCUT2D eigenvalue weighted by Gasteiger charge is 2.31. The van der Waals surface area contributed by atoms with Gasteiger partial charge in [-0.2, -0.15) is 0 Å². The van der Waals surface area contributed by atoms with E-state index in [9.17, 15) is 9.59 Å². The first kappa shape index (κ1) is 12.1. The Balaban J connectivity index is 1.64. The Morgan fingerprint density at radius 1 is 1.21 bits per heavy atom. The Morgan fingerprint density at radius 2 is 1.89 bits per heavy atom. The lowest BCUT2D eigenvalue weighted by molar-refractivity contribution is -0.134. The number of carbonyl (C=O) groups excluding carboxylic acids is 2. The summed E-state index contributed by atoms with van der Waals surface area (Å²) in [6.07, 6.45) is 3.83. The number of hydrogen-bond acceptors (Lipinski definition) is 4. The second kappa shape index (κ2) is 4.64. The molecule has 0 N–H and O–H groups in total. The normalized spacial score (nSPS) is 19.6. The monoisotopic (exact) mass is 263 g/mol. The molecule has 7 heteroatoms. The number of amides is 2. The minimum absolute atomic E-state index is 0.0357. The third kappa shape index (κ3) is 2.20. The van der Waals surface area contributed by atoms with Crippen molar-refractivity contribution in [1.82, 2.24) is 24.8 Å². The summed E-state index contributed by atoms with van der Waals surface area (Å²) in [6.45, 7) is 4.48. The molecule has 0 aromatic carbocycles. The summed E-state index contributed by atoms with van der Waals surface area (Å²) in [5.41, 5.74) is 0.406. The van der Waals surface area contributed by atoms with Gasteiger partial charge in [0, 0.05) is 33.1 Å². The van der Waals surface area contributed by atoms with Gasteiger partial charge in [-0.3, -0.25) is 9.59 Å². The van der Waals surface area contributed by atoms with Gasteiger partial charge in [-0.05, 0) is 12.8 Å². The molecule has 2 aliphatic rings. The predicted octanol–water partition coefficient (Wildman–Crippen LogP) is -0.0827. The molecule has 0 spiro atoms. The Labute approximate surface area is 111 Å². The molecule has 2 fully saturated rings. The molecule has 7 nitrogen and oxygen atoms in total. The highest BCUT2D eigenvalue weighted by molar-refractivity contribution is 5.92. The lowest BCUT2D eigenvalue weighted by atomic mass is 10.1. The van der Waals surface area contributed by atoms with Gasteiger partial charge in [0.1, 0.15) is 0 Å². The third-order valence-electron chi connectivity index (χ3n) is 3.80. The van der Waals surface area contributed by atoms with Gasteiger partial charge in [-0.1, -0.05) is 5.21 Å². The first-order chi connectivity index (χ1) is 9.15. The summed E-state index contributed by atoms with van der Waals surface area (Å²) in [4.78, 5) is 26.8. The van der Waals surface area contributed by atoms with Gasteiger partial charge in [-0.25, -0.2) is 4.68 Å². The number of hydrogen-bond donors (Lipinski definition) is 0. The molecule has 0 saturated carbocycles. The van der Waals surface area contributed by atoms with Crippen LogP contribution in [-0.4, -0.2) is 62.8 Å². The van der Waals surface area contributed by atoms with Crippen molar-refractivity contribution >= 4 is 11.8 Å². The van der Waals surface area contributed by atoms with E-state index in [0.717, 1.165) is 25.9 Å². The van der Waals surface area contributed by atoms with Crippen LogP contribution in [0, 0.1) is 0 Å². The van der Waals surface area contributed by atoms with Crippen LogP contribution in [0.5, 0.6) is 0 Å². The van der Waals surface area contributed by atoms with Crippen LogP contribution < -0.4 is 0 Å². The van der Waals surface area contributed by atoms with Crippen molar-refractivity contribution in [2.24, 2.45) is 0 Å². The summed E-state index contributed by atoms with van der Waals surface area (Å²) in [6, 6.07) is 0.150. The van der Waals surface area contributed by atoms with Crippen molar-refractivity contribution < 1.29 is 9.59 Å². The van der Waals surface area contributed by atoms with Crippen molar-refractivity contribution in [1.29, 1.82) is 0 Å². The molecule has 0 aliphatic carbocycles. The molecule has 1 aromatic rings. The molecular weight excluding hydrogens is 246 g/mol. The zero-order valence-electron chi connectivity index (χ0n) is 10.9. The molecule has 3 heterocycles. The van der Waals surface area contributed by atoms with Gasteiger partial charge < -0.3 is 9.80 Å². The van der Waals surface area contributed by atoms with Gasteiger partial charge >= 0.3 is 0 Å². The molecule has 0 radical (unpaired) electrons. The van der Waals surface area contributed by atoms with Crippen LogP contribution >= 0.6 is 0 Å². The zero-order valence-corrected chi connectivity index (χ0v) is 10.9. The van der Waals surface area contributed by atoms with E-state index in [2.05, 4.69) is 10.3 Å². The summed E-state index contributed by atoms with van der Waals surface area (Å²) >= 11 is 0. The minimum atomic E-state index is -0.0357. The van der Waals surface area contributed by atoms with Crippen molar-refractivity contribution in [2.75, 3.05) is 26.2 Å². The molecule has 0 bridgehead atoms. The standard InChI is InChI=1S/C12H17N5O2/c1-9(18)16-6-10(7-16)17-8-11(13-14-17)12(19)15-4-2-3-5-15/h8,10H,2-7H2,1H3. The largest absolute Gasteiger partial charge is 0.339 e. The maximum atomic E-state index is 12.1. The fourth-order valence-electron chi connectivity index (χ4n) is 2.52. The highest BCUT2D eigenvalue weighted by Crippen LogP contribution is 2.20. The Bertz CT molecular complexity index is 500.